The maximum atomic E-state index is 13.7. The van der Waals surface area contributed by atoms with Gasteiger partial charge in [-0.2, -0.15) is 13.2 Å². The summed E-state index contributed by atoms with van der Waals surface area (Å²) in [4.78, 5) is 3.18. The number of aromatic amines is 1. The molecular weight excluding hydrogens is 416 g/mol. The van der Waals surface area contributed by atoms with Gasteiger partial charge < -0.3 is 10.3 Å². The minimum Gasteiger partial charge on any atom is -0.359 e. The highest BCUT2D eigenvalue weighted by molar-refractivity contribution is 6.25. The van der Waals surface area contributed by atoms with Crippen LogP contribution in [0.15, 0.2) is 60.9 Å². The Morgan fingerprint density at radius 1 is 1.13 bits per heavy atom. The Morgan fingerprint density at radius 2 is 1.77 bits per heavy atom. The first kappa shape index (κ1) is 20.8. The second kappa shape index (κ2) is 7.65. The first-order valence-corrected chi connectivity index (χ1v) is 10.1. The van der Waals surface area contributed by atoms with Crippen molar-refractivity contribution in [1.29, 1.82) is 0 Å². The molecule has 0 amide bonds. The van der Waals surface area contributed by atoms with E-state index in [1.807, 2.05) is 18.3 Å². The normalized spacial score (nSPS) is 21.0. The number of benzene rings is 2. The molecule has 4 rings (SSSR count). The van der Waals surface area contributed by atoms with Crippen molar-refractivity contribution in [2.45, 2.75) is 37.0 Å². The Labute approximate surface area is 176 Å². The molecule has 1 saturated carbocycles. The second-order valence-corrected chi connectivity index (χ2v) is 8.43. The van der Waals surface area contributed by atoms with Crippen LogP contribution in [0.5, 0.6) is 0 Å². The Bertz CT molecular complexity index is 1070. The number of aryl methyl sites for hydroxylation is 2. The molecular formula is C23H21ClF4N2. The van der Waals surface area contributed by atoms with Crippen LogP contribution in [0.25, 0.3) is 10.9 Å². The number of fused-ring (bicyclic) bond motifs is 1. The summed E-state index contributed by atoms with van der Waals surface area (Å²) in [6.45, 7) is 3.90. The van der Waals surface area contributed by atoms with Crippen LogP contribution in [0.4, 0.5) is 23.2 Å². The van der Waals surface area contributed by atoms with E-state index < -0.39 is 22.8 Å². The van der Waals surface area contributed by atoms with Crippen molar-refractivity contribution in [2.24, 2.45) is 5.92 Å². The van der Waals surface area contributed by atoms with Crippen molar-refractivity contribution in [3.63, 3.8) is 0 Å². The van der Waals surface area contributed by atoms with Gasteiger partial charge in [-0.1, -0.05) is 36.4 Å². The van der Waals surface area contributed by atoms with Crippen molar-refractivity contribution < 1.29 is 17.6 Å². The smallest absolute Gasteiger partial charge is 0.359 e. The van der Waals surface area contributed by atoms with Crippen molar-refractivity contribution in [1.82, 2.24) is 4.98 Å². The summed E-state index contributed by atoms with van der Waals surface area (Å²) in [5.41, 5.74) is 3.69. The summed E-state index contributed by atoms with van der Waals surface area (Å²) in [5.74, 6) is -0.393. The third-order valence-electron chi connectivity index (χ3n) is 5.50. The number of hydrogen-bond donors (Lipinski definition) is 2. The minimum absolute atomic E-state index is 0.262. The second-order valence-electron chi connectivity index (χ2n) is 7.80. The van der Waals surface area contributed by atoms with Gasteiger partial charge in [0.2, 0.25) is 0 Å². The van der Waals surface area contributed by atoms with E-state index in [9.17, 15) is 17.6 Å². The molecule has 1 heterocycles. The van der Waals surface area contributed by atoms with Gasteiger partial charge in [0, 0.05) is 29.2 Å². The average Bonchev–Trinajstić information content (AvgIpc) is 3.16. The van der Waals surface area contributed by atoms with Crippen molar-refractivity contribution in [3.8, 4) is 0 Å². The number of hydrogen-bond acceptors (Lipinski definition) is 1. The van der Waals surface area contributed by atoms with Crippen LogP contribution in [0, 0.1) is 5.92 Å². The van der Waals surface area contributed by atoms with Gasteiger partial charge in [0.15, 0.2) is 5.13 Å². The molecule has 0 bridgehead atoms. The fourth-order valence-corrected chi connectivity index (χ4v) is 3.92. The maximum absolute atomic E-state index is 13.7. The summed E-state index contributed by atoms with van der Waals surface area (Å²) < 4.78 is 51.6. The summed E-state index contributed by atoms with van der Waals surface area (Å²) in [6.07, 6.45) is 0.0733. The Morgan fingerprint density at radius 3 is 2.40 bits per heavy atom. The van der Waals surface area contributed by atoms with E-state index in [1.165, 1.54) is 12.1 Å². The van der Waals surface area contributed by atoms with E-state index in [0.717, 1.165) is 52.7 Å². The van der Waals surface area contributed by atoms with Gasteiger partial charge in [-0.05, 0) is 54.7 Å². The third-order valence-corrected chi connectivity index (χ3v) is 5.92. The molecule has 0 radical (unpaired) electrons. The topological polar surface area (TPSA) is 27.8 Å². The molecule has 2 aromatic carbocycles. The van der Waals surface area contributed by atoms with E-state index in [4.69, 9.17) is 11.6 Å². The fourth-order valence-electron chi connectivity index (χ4n) is 3.64. The number of aromatic nitrogens is 1. The van der Waals surface area contributed by atoms with E-state index in [1.54, 1.807) is 0 Å². The largest absolute Gasteiger partial charge is 0.416 e. The van der Waals surface area contributed by atoms with Crippen LogP contribution >= 0.6 is 11.6 Å². The number of allylic oxidation sites excluding steroid dienone is 1. The van der Waals surface area contributed by atoms with Gasteiger partial charge in [0.05, 0.1) is 17.2 Å². The molecule has 1 aliphatic carbocycles. The Kier molecular flexibility index (Phi) is 5.30. The highest BCUT2D eigenvalue weighted by Gasteiger charge is 2.55. The van der Waals surface area contributed by atoms with E-state index in [-0.39, 0.29) is 6.42 Å². The lowest BCUT2D eigenvalue weighted by Gasteiger charge is -2.09. The predicted molar refractivity (Wildman–Crippen MR) is 112 cm³/mol. The quantitative estimate of drug-likeness (QED) is 0.297. The van der Waals surface area contributed by atoms with E-state index in [2.05, 4.69) is 22.9 Å². The van der Waals surface area contributed by atoms with Crippen LogP contribution in [-0.4, -0.2) is 10.1 Å². The first-order valence-electron chi connectivity index (χ1n) is 9.73. The van der Waals surface area contributed by atoms with E-state index in [0.29, 0.717) is 12.1 Å². The molecule has 2 atom stereocenters. The molecule has 0 aliphatic heterocycles. The molecule has 2 N–H and O–H groups in total. The van der Waals surface area contributed by atoms with Gasteiger partial charge >= 0.3 is 6.18 Å². The zero-order chi connectivity index (χ0) is 21.5. The summed E-state index contributed by atoms with van der Waals surface area (Å²) in [5, 5.41) is 2.45. The van der Waals surface area contributed by atoms with E-state index >= 15 is 0 Å². The van der Waals surface area contributed by atoms with Gasteiger partial charge in [-0.3, -0.25) is 0 Å². The predicted octanol–water partition coefficient (Wildman–Crippen LogP) is 7.21. The molecule has 1 aromatic heterocycles. The molecule has 7 heteroatoms. The van der Waals surface area contributed by atoms with Crippen molar-refractivity contribution >= 4 is 28.2 Å². The zero-order valence-electron chi connectivity index (χ0n) is 16.1. The van der Waals surface area contributed by atoms with Crippen LogP contribution < -0.4 is 5.32 Å². The molecule has 30 heavy (non-hydrogen) atoms. The monoisotopic (exact) mass is 436 g/mol. The first-order chi connectivity index (χ1) is 14.1. The number of halogens is 5. The SMILES string of the molecule is C=C(Nc1c[nH]c2ccc(CCCc3ccc(C(F)(F)F)cc3)cc12)C1CC1(F)Cl. The van der Waals surface area contributed by atoms with Crippen LogP contribution in [0.3, 0.4) is 0 Å². The number of alkyl halides is 5. The molecule has 0 spiro atoms. The average molecular weight is 437 g/mol. The molecule has 158 valence electrons. The number of anilines is 1. The molecule has 2 unspecified atom stereocenters. The van der Waals surface area contributed by atoms with Crippen LogP contribution in [0.1, 0.15) is 29.5 Å². The minimum atomic E-state index is -4.31. The summed E-state index contributed by atoms with van der Waals surface area (Å²) in [7, 11) is 0. The van der Waals surface area contributed by atoms with Crippen molar-refractivity contribution in [2.75, 3.05) is 5.32 Å². The maximum Gasteiger partial charge on any atom is 0.416 e. The fraction of sp³-hybridized carbons (Fsp3) is 0.304. The Balaban J connectivity index is 1.38. The van der Waals surface area contributed by atoms with Crippen LogP contribution in [-0.2, 0) is 19.0 Å². The summed E-state index contributed by atoms with van der Waals surface area (Å²) >= 11 is 5.69. The summed E-state index contributed by atoms with van der Waals surface area (Å²) in [6, 6.07) is 11.4. The standard InChI is InChI=1S/C23H21ClF4N2/c1-14(19-12-22(19,24)25)30-21-13-29-20-10-7-16(11-18(20)21)4-2-3-15-5-8-17(9-6-15)23(26,27)28/h5-11,13,19,29-30H,1-4,12H2. The third kappa shape index (κ3) is 4.48. The molecule has 3 aromatic rings. The number of H-pyrrole nitrogens is 1. The van der Waals surface area contributed by atoms with Gasteiger partial charge in [0.25, 0.3) is 0 Å². The lowest BCUT2D eigenvalue weighted by atomic mass is 10.0. The van der Waals surface area contributed by atoms with Gasteiger partial charge in [0.1, 0.15) is 0 Å². The lowest BCUT2D eigenvalue weighted by molar-refractivity contribution is -0.137. The van der Waals surface area contributed by atoms with Crippen molar-refractivity contribution in [3.05, 3.63) is 77.6 Å². The number of nitrogens with one attached hydrogen (secondary N) is 2. The molecule has 1 fully saturated rings. The highest BCUT2D eigenvalue weighted by Crippen LogP contribution is 2.54. The zero-order valence-corrected chi connectivity index (χ0v) is 16.9. The molecule has 1 aliphatic rings. The van der Waals surface area contributed by atoms with Gasteiger partial charge in [-0.25, -0.2) is 4.39 Å². The highest BCUT2D eigenvalue weighted by atomic mass is 35.5. The number of rotatable bonds is 7. The molecule has 0 saturated heterocycles. The lowest BCUT2D eigenvalue weighted by Crippen LogP contribution is -2.04. The van der Waals surface area contributed by atoms with Crippen LogP contribution in [0.2, 0.25) is 0 Å². The Hall–Kier alpha value is -2.47. The van der Waals surface area contributed by atoms with Gasteiger partial charge in [-0.15, -0.1) is 0 Å². The molecule has 2 nitrogen and oxygen atoms in total.